The van der Waals surface area contributed by atoms with Crippen LogP contribution in [-0.4, -0.2) is 5.25 Å². The summed E-state index contributed by atoms with van der Waals surface area (Å²) in [5.74, 6) is 2.36. The molecule has 0 saturated carbocycles. The largest absolute Gasteiger partial charge is 1.00 e. The third kappa shape index (κ3) is 4.29. The first-order valence-corrected chi connectivity index (χ1v) is 5.33. The van der Waals surface area contributed by atoms with E-state index >= 15 is 0 Å². The van der Waals surface area contributed by atoms with Crippen molar-refractivity contribution in [3.63, 3.8) is 0 Å². The van der Waals surface area contributed by atoms with Gasteiger partial charge in [0.05, 0.1) is 0 Å². The summed E-state index contributed by atoms with van der Waals surface area (Å²) in [5, 5.41) is 0.662. The Bertz CT molecular complexity index is 297. The molecule has 0 aliphatic heterocycles. The Kier molecular flexibility index (Phi) is 6.94. The van der Waals surface area contributed by atoms with Gasteiger partial charge in [0.1, 0.15) is 0 Å². The van der Waals surface area contributed by atoms with Crippen molar-refractivity contribution in [2.24, 2.45) is 0 Å². The van der Waals surface area contributed by atoms with Crippen molar-refractivity contribution in [2.75, 3.05) is 0 Å². The maximum absolute atomic E-state index is 6.94. The summed E-state index contributed by atoms with van der Waals surface area (Å²) in [6.07, 6.45) is 8.12. The van der Waals surface area contributed by atoms with Crippen LogP contribution in [0.3, 0.4) is 0 Å². The molecule has 0 aliphatic rings. The van der Waals surface area contributed by atoms with E-state index < -0.39 is 0 Å². The number of benzene rings is 1. The second-order valence-electron chi connectivity index (χ2n) is 2.99. The molecule has 0 saturated heterocycles. The molecule has 0 heterocycles. The molecule has 0 N–H and O–H groups in total. The second kappa shape index (κ2) is 7.08. The fourth-order valence-corrected chi connectivity index (χ4v) is 1.86. The molecule has 0 radical (unpaired) electrons. The van der Waals surface area contributed by atoms with E-state index in [4.69, 9.17) is 6.42 Å². The first kappa shape index (κ1) is 13.7. The molecular formula is C12H13LiS. The van der Waals surface area contributed by atoms with Crippen molar-refractivity contribution >= 4 is 11.8 Å². The molecule has 0 aliphatic carbocycles. The number of thioether (sulfide) groups is 1. The zero-order chi connectivity index (χ0) is 9.68. The molecule has 1 unspecified atom stereocenters. The van der Waals surface area contributed by atoms with Gasteiger partial charge in [-0.3, -0.25) is 5.92 Å². The van der Waals surface area contributed by atoms with Crippen LogP contribution in [-0.2, 0) is 0 Å². The summed E-state index contributed by atoms with van der Waals surface area (Å²) in [6, 6.07) is 7.96. The summed E-state index contributed by atoms with van der Waals surface area (Å²) >= 11 is 1.87. The average molecular weight is 196 g/mol. The maximum atomic E-state index is 6.94. The average Bonchev–Trinajstić information content (AvgIpc) is 2.19. The molecule has 68 valence electrons. The molecule has 0 aromatic heterocycles. The molecule has 2 heteroatoms. The standard InChI is InChI=1S/C12H13S.Li/c1-4-10(3)13-12-8-6-11(5-2)7-9-12;/h6-10H,4H2,1,3H3;/q-1;+1. The van der Waals surface area contributed by atoms with Crippen LogP contribution in [0.15, 0.2) is 29.2 Å². The minimum absolute atomic E-state index is 0. The van der Waals surface area contributed by atoms with E-state index in [1.54, 1.807) is 0 Å². The van der Waals surface area contributed by atoms with Gasteiger partial charge in [-0.25, -0.2) is 0 Å². The summed E-state index contributed by atoms with van der Waals surface area (Å²) in [5.41, 5.74) is 0.841. The van der Waals surface area contributed by atoms with E-state index in [0.29, 0.717) is 5.25 Å². The molecule has 0 spiro atoms. The number of hydrogen-bond acceptors (Lipinski definition) is 1. The predicted octanol–water partition coefficient (Wildman–Crippen LogP) is 0.519. The van der Waals surface area contributed by atoms with Crippen LogP contribution in [0, 0.1) is 12.3 Å². The Hall–Kier alpha value is -0.273. The third-order valence-corrected chi connectivity index (χ3v) is 3.19. The Morgan fingerprint density at radius 2 is 1.93 bits per heavy atom. The van der Waals surface area contributed by atoms with Crippen LogP contribution < -0.4 is 18.9 Å². The summed E-state index contributed by atoms with van der Waals surface area (Å²) in [6.45, 7) is 4.42. The van der Waals surface area contributed by atoms with Crippen LogP contribution in [0.4, 0.5) is 0 Å². The zero-order valence-corrected chi connectivity index (χ0v) is 9.82. The monoisotopic (exact) mass is 196 g/mol. The Balaban J connectivity index is 0.00000169. The molecule has 1 atom stereocenters. The van der Waals surface area contributed by atoms with E-state index in [1.807, 2.05) is 36.0 Å². The summed E-state index contributed by atoms with van der Waals surface area (Å²) in [4.78, 5) is 1.27. The van der Waals surface area contributed by atoms with E-state index in [2.05, 4.69) is 19.8 Å². The normalized spacial score (nSPS) is 11.2. The van der Waals surface area contributed by atoms with Crippen molar-refractivity contribution in [1.82, 2.24) is 0 Å². The minimum Gasteiger partial charge on any atom is -0.366 e. The minimum atomic E-state index is 0. The number of rotatable bonds is 3. The molecule has 1 rings (SSSR count). The van der Waals surface area contributed by atoms with Gasteiger partial charge >= 0.3 is 18.9 Å². The first-order chi connectivity index (χ1) is 6.26. The van der Waals surface area contributed by atoms with Crippen molar-refractivity contribution < 1.29 is 18.9 Å². The Morgan fingerprint density at radius 1 is 1.36 bits per heavy atom. The fraction of sp³-hybridized carbons (Fsp3) is 0.333. The molecule has 0 amide bonds. The van der Waals surface area contributed by atoms with Crippen molar-refractivity contribution in [1.29, 1.82) is 0 Å². The first-order valence-electron chi connectivity index (χ1n) is 4.45. The Morgan fingerprint density at radius 3 is 2.36 bits per heavy atom. The van der Waals surface area contributed by atoms with Crippen molar-refractivity contribution in [3.8, 4) is 5.92 Å². The van der Waals surface area contributed by atoms with E-state index in [-0.39, 0.29) is 18.9 Å². The Labute approximate surface area is 103 Å². The van der Waals surface area contributed by atoms with Crippen LogP contribution in [0.2, 0.25) is 0 Å². The summed E-state index contributed by atoms with van der Waals surface area (Å²) in [7, 11) is 0. The van der Waals surface area contributed by atoms with Crippen LogP contribution >= 0.6 is 11.8 Å². The fourth-order valence-electron chi connectivity index (χ4n) is 0.932. The van der Waals surface area contributed by atoms with Gasteiger partial charge in [-0.15, -0.1) is 29.5 Å². The zero-order valence-electron chi connectivity index (χ0n) is 9.00. The smallest absolute Gasteiger partial charge is 0.366 e. The SMILES string of the molecule is [C-]#Cc1ccc(SC(C)CC)cc1.[Li+]. The molecule has 0 fully saturated rings. The molecule has 1 aromatic carbocycles. The molecule has 14 heavy (non-hydrogen) atoms. The third-order valence-electron chi connectivity index (χ3n) is 1.91. The summed E-state index contributed by atoms with van der Waals surface area (Å²) < 4.78 is 0. The molecule has 0 nitrogen and oxygen atoms in total. The van der Waals surface area contributed by atoms with E-state index in [9.17, 15) is 0 Å². The molecule has 1 aromatic rings. The van der Waals surface area contributed by atoms with Gasteiger partial charge in [-0.05, 0) is 6.42 Å². The maximum Gasteiger partial charge on any atom is 1.00 e. The van der Waals surface area contributed by atoms with Crippen molar-refractivity contribution in [3.05, 3.63) is 36.3 Å². The van der Waals surface area contributed by atoms with Gasteiger partial charge in [0.15, 0.2) is 0 Å². The van der Waals surface area contributed by atoms with Gasteiger partial charge < -0.3 is 6.42 Å². The van der Waals surface area contributed by atoms with Gasteiger partial charge in [0, 0.05) is 10.1 Å². The van der Waals surface area contributed by atoms with E-state index in [0.717, 1.165) is 5.56 Å². The van der Waals surface area contributed by atoms with Crippen LogP contribution in [0.5, 0.6) is 0 Å². The quantitative estimate of drug-likeness (QED) is 0.294. The van der Waals surface area contributed by atoms with Gasteiger partial charge in [-0.1, -0.05) is 26.0 Å². The predicted molar refractivity (Wildman–Crippen MR) is 58.3 cm³/mol. The van der Waals surface area contributed by atoms with Gasteiger partial charge in [-0.2, -0.15) is 0 Å². The van der Waals surface area contributed by atoms with Crippen LogP contribution in [0.25, 0.3) is 0 Å². The number of hydrogen-bond donors (Lipinski definition) is 0. The van der Waals surface area contributed by atoms with Crippen LogP contribution in [0.1, 0.15) is 25.8 Å². The molecule has 0 bridgehead atoms. The van der Waals surface area contributed by atoms with Gasteiger partial charge in [0.25, 0.3) is 0 Å². The molecular weight excluding hydrogens is 183 g/mol. The topological polar surface area (TPSA) is 0 Å². The van der Waals surface area contributed by atoms with Gasteiger partial charge in [0.2, 0.25) is 0 Å². The van der Waals surface area contributed by atoms with Crippen molar-refractivity contribution in [2.45, 2.75) is 30.4 Å². The van der Waals surface area contributed by atoms with E-state index in [1.165, 1.54) is 11.3 Å². The second-order valence-corrected chi connectivity index (χ2v) is 4.50.